The number of benzene rings is 1. The molecule has 0 bridgehead atoms. The van der Waals surface area contributed by atoms with Gasteiger partial charge in [-0.3, -0.25) is 10.1 Å². The molecule has 0 radical (unpaired) electrons. The lowest BCUT2D eigenvalue weighted by Gasteiger charge is -2.42. The maximum atomic E-state index is 11.2. The maximum Gasteiger partial charge on any atom is 0.270 e. The Labute approximate surface area is 176 Å². The van der Waals surface area contributed by atoms with Crippen molar-refractivity contribution in [3.8, 4) is 5.75 Å². The molecule has 1 heterocycles. The summed E-state index contributed by atoms with van der Waals surface area (Å²) in [5, 5.41) is 25.3. The monoisotopic (exact) mass is 422 g/mol. The molecular weight excluding hydrogens is 392 g/mol. The van der Waals surface area contributed by atoms with Crippen LogP contribution in [0.5, 0.6) is 5.75 Å². The molecule has 0 saturated heterocycles. The first kappa shape index (κ1) is 23.6. The third-order valence-corrected chi connectivity index (χ3v) is 4.61. The van der Waals surface area contributed by atoms with Crippen LogP contribution in [0.2, 0.25) is 0 Å². The molecule has 2 rings (SSSR count). The number of nitro groups is 1. The van der Waals surface area contributed by atoms with Crippen LogP contribution in [0.25, 0.3) is 0 Å². The number of aliphatic hydroxyl groups is 1. The standard InChI is InChI=1S/C21H30N2O7/c1-14(2)12-29-16(13-28-9-5-8-24)11-22-19-17-10-15(23(26)27)6-7-18(17)30-21(3,4)20(19)25/h6-8,10,13-14,19-20,22,25H,5,9,11-12H2,1-4H3/b16-13-. The molecule has 0 amide bonds. The van der Waals surface area contributed by atoms with Crippen LogP contribution in [0.4, 0.5) is 5.69 Å². The van der Waals surface area contributed by atoms with Gasteiger partial charge in [-0.15, -0.1) is 0 Å². The van der Waals surface area contributed by atoms with Gasteiger partial charge in [-0.05, 0) is 25.8 Å². The van der Waals surface area contributed by atoms with Gasteiger partial charge in [-0.25, -0.2) is 0 Å². The van der Waals surface area contributed by atoms with Gasteiger partial charge >= 0.3 is 0 Å². The first-order valence-corrected chi connectivity index (χ1v) is 9.91. The van der Waals surface area contributed by atoms with Gasteiger partial charge in [0.2, 0.25) is 0 Å². The number of rotatable bonds is 11. The van der Waals surface area contributed by atoms with Gasteiger partial charge in [0.25, 0.3) is 5.69 Å². The minimum Gasteiger partial charge on any atom is -0.497 e. The van der Waals surface area contributed by atoms with Crippen LogP contribution in [0, 0.1) is 16.0 Å². The first-order valence-electron chi connectivity index (χ1n) is 9.91. The van der Waals surface area contributed by atoms with Crippen molar-refractivity contribution in [2.45, 2.75) is 51.9 Å². The second kappa shape index (κ2) is 10.4. The van der Waals surface area contributed by atoms with Crippen molar-refractivity contribution in [2.75, 3.05) is 19.8 Å². The highest BCUT2D eigenvalue weighted by Crippen LogP contribution is 2.41. The molecule has 0 spiro atoms. The number of aliphatic hydroxyl groups excluding tert-OH is 1. The van der Waals surface area contributed by atoms with E-state index < -0.39 is 22.7 Å². The summed E-state index contributed by atoms with van der Waals surface area (Å²) in [7, 11) is 0. The molecule has 0 saturated carbocycles. The number of hydrogen-bond donors (Lipinski definition) is 2. The molecule has 30 heavy (non-hydrogen) atoms. The van der Waals surface area contributed by atoms with Gasteiger partial charge in [-0.1, -0.05) is 13.8 Å². The summed E-state index contributed by atoms with van der Waals surface area (Å²) < 4.78 is 17.0. The number of hydrogen-bond acceptors (Lipinski definition) is 8. The molecule has 9 heteroatoms. The number of nitrogens with zero attached hydrogens (tertiary/aromatic N) is 1. The Hall–Kier alpha value is -2.65. The third kappa shape index (κ3) is 6.17. The number of ether oxygens (including phenoxy) is 3. The van der Waals surface area contributed by atoms with E-state index in [-0.39, 0.29) is 25.3 Å². The van der Waals surface area contributed by atoms with Crippen LogP contribution in [-0.4, -0.2) is 47.8 Å². The molecule has 0 fully saturated rings. The number of carbonyl (C=O) groups excluding carboxylic acids is 1. The molecule has 1 aromatic carbocycles. The Kier molecular flexibility index (Phi) is 8.19. The summed E-state index contributed by atoms with van der Waals surface area (Å²) >= 11 is 0. The normalized spacial score (nSPS) is 20.3. The number of nitro benzene ring substituents is 1. The number of non-ortho nitro benzene ring substituents is 1. The Morgan fingerprint density at radius 1 is 1.43 bits per heavy atom. The Balaban J connectivity index is 2.23. The van der Waals surface area contributed by atoms with Crippen LogP contribution in [0.3, 0.4) is 0 Å². The first-order chi connectivity index (χ1) is 14.2. The summed E-state index contributed by atoms with van der Waals surface area (Å²) in [5.74, 6) is 1.27. The van der Waals surface area contributed by atoms with Gasteiger partial charge < -0.3 is 29.4 Å². The average molecular weight is 422 g/mol. The fraction of sp³-hybridized carbons (Fsp3) is 0.571. The predicted molar refractivity (Wildman–Crippen MR) is 110 cm³/mol. The Morgan fingerprint density at radius 3 is 2.80 bits per heavy atom. The lowest BCUT2D eigenvalue weighted by atomic mass is 9.86. The van der Waals surface area contributed by atoms with Gasteiger partial charge in [0.15, 0.2) is 0 Å². The fourth-order valence-corrected chi connectivity index (χ4v) is 3.00. The Bertz CT molecular complexity index is 777. The molecule has 166 valence electrons. The molecule has 2 N–H and O–H groups in total. The van der Waals surface area contributed by atoms with E-state index in [2.05, 4.69) is 5.32 Å². The van der Waals surface area contributed by atoms with Gasteiger partial charge in [0.05, 0.1) is 30.7 Å². The molecule has 9 nitrogen and oxygen atoms in total. The number of nitrogens with one attached hydrogen (secondary N) is 1. The van der Waals surface area contributed by atoms with Crippen LogP contribution in [0.15, 0.2) is 30.2 Å². The molecule has 1 aliphatic heterocycles. The topological polar surface area (TPSA) is 120 Å². The lowest BCUT2D eigenvalue weighted by Crippen LogP contribution is -2.52. The summed E-state index contributed by atoms with van der Waals surface area (Å²) in [6, 6.07) is 3.71. The zero-order valence-corrected chi connectivity index (χ0v) is 17.8. The van der Waals surface area contributed by atoms with Crippen molar-refractivity contribution in [3.05, 3.63) is 45.9 Å². The molecule has 0 aromatic heterocycles. The van der Waals surface area contributed by atoms with Crippen LogP contribution in [0.1, 0.15) is 45.7 Å². The maximum absolute atomic E-state index is 11.2. The number of carbonyl (C=O) groups is 1. The number of aldehydes is 1. The third-order valence-electron chi connectivity index (χ3n) is 4.61. The highest BCUT2D eigenvalue weighted by Gasteiger charge is 2.43. The van der Waals surface area contributed by atoms with Crippen LogP contribution >= 0.6 is 0 Å². The van der Waals surface area contributed by atoms with E-state index in [4.69, 9.17) is 14.2 Å². The smallest absolute Gasteiger partial charge is 0.270 e. The largest absolute Gasteiger partial charge is 0.497 e. The lowest BCUT2D eigenvalue weighted by molar-refractivity contribution is -0.385. The fourth-order valence-electron chi connectivity index (χ4n) is 3.00. The quantitative estimate of drug-likeness (QED) is 0.184. The zero-order chi connectivity index (χ0) is 22.3. The van der Waals surface area contributed by atoms with E-state index in [1.54, 1.807) is 19.9 Å². The van der Waals surface area contributed by atoms with E-state index in [0.29, 0.717) is 29.6 Å². The molecule has 0 aliphatic carbocycles. The summed E-state index contributed by atoms with van der Waals surface area (Å²) in [4.78, 5) is 21.2. The summed E-state index contributed by atoms with van der Waals surface area (Å²) in [5.41, 5.74) is -0.481. The second-order valence-electron chi connectivity index (χ2n) is 8.10. The highest BCUT2D eigenvalue weighted by molar-refractivity contribution is 5.49. The minimum atomic E-state index is -0.964. The molecule has 1 aromatic rings. The average Bonchev–Trinajstić information content (AvgIpc) is 2.68. The van der Waals surface area contributed by atoms with E-state index in [9.17, 15) is 20.0 Å². The van der Waals surface area contributed by atoms with E-state index in [1.807, 2.05) is 13.8 Å². The Morgan fingerprint density at radius 2 is 2.17 bits per heavy atom. The second-order valence-corrected chi connectivity index (χ2v) is 8.10. The SMILES string of the molecule is CC(C)CO/C(=C\OCCC=O)CNC1c2cc([N+](=O)[O-])ccc2OC(C)(C)C1O. The zero-order valence-electron chi connectivity index (χ0n) is 17.8. The van der Waals surface area contributed by atoms with Gasteiger partial charge in [0, 0.05) is 24.1 Å². The van der Waals surface area contributed by atoms with E-state index >= 15 is 0 Å². The number of fused-ring (bicyclic) bond motifs is 1. The van der Waals surface area contributed by atoms with Crippen molar-refractivity contribution in [1.82, 2.24) is 5.32 Å². The van der Waals surface area contributed by atoms with Crippen LogP contribution in [-0.2, 0) is 14.3 Å². The van der Waals surface area contributed by atoms with Crippen LogP contribution < -0.4 is 10.1 Å². The molecule has 2 atom stereocenters. The van der Waals surface area contributed by atoms with Crippen molar-refractivity contribution in [2.24, 2.45) is 5.92 Å². The van der Waals surface area contributed by atoms with Crippen molar-refractivity contribution in [1.29, 1.82) is 0 Å². The van der Waals surface area contributed by atoms with Crippen molar-refractivity contribution < 1.29 is 29.0 Å². The minimum absolute atomic E-state index is 0.0833. The van der Waals surface area contributed by atoms with Gasteiger partial charge in [-0.2, -0.15) is 0 Å². The summed E-state index contributed by atoms with van der Waals surface area (Å²) in [6.07, 6.45) is 1.52. The molecular formula is C21H30N2O7. The predicted octanol–water partition coefficient (Wildman–Crippen LogP) is 2.88. The van der Waals surface area contributed by atoms with E-state index in [0.717, 1.165) is 6.29 Å². The van der Waals surface area contributed by atoms with E-state index in [1.165, 1.54) is 18.4 Å². The highest BCUT2D eigenvalue weighted by atomic mass is 16.6. The molecule has 2 unspecified atom stereocenters. The van der Waals surface area contributed by atoms with Crippen molar-refractivity contribution >= 4 is 12.0 Å². The summed E-state index contributed by atoms with van der Waals surface area (Å²) in [6.45, 7) is 8.45. The van der Waals surface area contributed by atoms with Crippen molar-refractivity contribution in [3.63, 3.8) is 0 Å². The van der Waals surface area contributed by atoms with Gasteiger partial charge in [0.1, 0.15) is 35.8 Å². The molecule has 1 aliphatic rings.